The van der Waals surface area contributed by atoms with Crippen LogP contribution in [0.2, 0.25) is 0 Å². The number of imidazole rings is 1. The number of nitrogens with zero attached hydrogens (tertiary/aromatic N) is 6. The van der Waals surface area contributed by atoms with E-state index >= 15 is 8.78 Å². The largest absolute Gasteiger partial charge is 0.462 e. The fraction of sp³-hybridized carbons (Fsp3) is 0.429. The van der Waals surface area contributed by atoms with Gasteiger partial charge in [0.1, 0.15) is 23.8 Å². The van der Waals surface area contributed by atoms with E-state index < -0.39 is 36.0 Å². The van der Waals surface area contributed by atoms with Gasteiger partial charge in [0, 0.05) is 31.3 Å². The highest BCUT2D eigenvalue weighted by Crippen LogP contribution is 2.35. The lowest BCUT2D eigenvalue weighted by Gasteiger charge is -2.44. The Kier molecular flexibility index (Phi) is 8.66. The number of hydrogen-bond donors (Lipinski definition) is 3. The smallest absolute Gasteiger partial charge is 0.265 e. The third kappa shape index (κ3) is 6.19. The number of nitrogens with two attached hydrogens (primary N) is 2. The fourth-order valence-corrected chi connectivity index (χ4v) is 5.32. The third-order valence-corrected chi connectivity index (χ3v) is 7.45. The van der Waals surface area contributed by atoms with Crippen molar-refractivity contribution in [2.45, 2.75) is 57.6 Å². The minimum absolute atomic E-state index is 0.0840. The van der Waals surface area contributed by atoms with Crippen LogP contribution in [0.3, 0.4) is 0 Å². The Bertz CT molecular complexity index is 1610. The molecule has 15 heteroatoms. The van der Waals surface area contributed by atoms with Crippen LogP contribution in [0.25, 0.3) is 22.4 Å². The zero-order valence-electron chi connectivity index (χ0n) is 23.6. The van der Waals surface area contributed by atoms with E-state index in [2.05, 4.69) is 19.9 Å². The van der Waals surface area contributed by atoms with Crippen molar-refractivity contribution in [1.29, 1.82) is 0 Å². The standard InChI is InChI=1S/C28H32F4N8O3/c1-3-42-15(2)43-22-9-18(29)17(8-19(22)30)20-7-16(11-40-14-38-23-26(33)36-13-37-27(23)40)21(10-35-20)39-6-4-5-28(34,12-39)24(41)25(31)32/h7-10,13-15,24-25,41H,3-6,11-12,34H2,1-2H3,(H2,33,36,37)/t15?,24-,28-/m1/s1. The van der Waals surface area contributed by atoms with E-state index in [9.17, 15) is 13.9 Å². The number of aliphatic hydroxyl groups is 1. The maximum Gasteiger partial charge on any atom is 0.265 e. The Morgan fingerprint density at radius 1 is 1.12 bits per heavy atom. The molecule has 1 saturated heterocycles. The number of ether oxygens (including phenoxy) is 2. The molecule has 0 saturated carbocycles. The molecule has 1 aliphatic rings. The summed E-state index contributed by atoms with van der Waals surface area (Å²) >= 11 is 0. The van der Waals surface area contributed by atoms with Gasteiger partial charge in [-0.1, -0.05) is 0 Å². The molecule has 11 nitrogen and oxygen atoms in total. The summed E-state index contributed by atoms with van der Waals surface area (Å²) < 4.78 is 69.6. The van der Waals surface area contributed by atoms with E-state index in [1.54, 1.807) is 29.4 Å². The van der Waals surface area contributed by atoms with E-state index in [1.807, 2.05) is 0 Å². The molecule has 43 heavy (non-hydrogen) atoms. The second kappa shape index (κ2) is 12.3. The predicted octanol–water partition coefficient (Wildman–Crippen LogP) is 3.48. The van der Waals surface area contributed by atoms with Crippen LogP contribution in [-0.4, -0.2) is 73.7 Å². The second-order valence-electron chi connectivity index (χ2n) is 10.4. The van der Waals surface area contributed by atoms with Gasteiger partial charge in [-0.25, -0.2) is 32.5 Å². The molecule has 3 aromatic heterocycles. The van der Waals surface area contributed by atoms with Crippen molar-refractivity contribution < 1.29 is 32.1 Å². The number of rotatable bonds is 10. The molecule has 1 unspecified atom stereocenters. The molecule has 4 heterocycles. The number of fused-ring (bicyclic) bond motifs is 1. The minimum atomic E-state index is -3.02. The summed E-state index contributed by atoms with van der Waals surface area (Å²) in [6.45, 7) is 4.13. The first-order valence-corrected chi connectivity index (χ1v) is 13.7. The van der Waals surface area contributed by atoms with Gasteiger partial charge in [0.15, 0.2) is 29.3 Å². The normalized spacial score (nSPS) is 18.8. The Morgan fingerprint density at radius 2 is 1.91 bits per heavy atom. The van der Waals surface area contributed by atoms with Gasteiger partial charge in [-0.05, 0) is 44.4 Å². The number of anilines is 2. The summed E-state index contributed by atoms with van der Waals surface area (Å²) in [6, 6.07) is 3.49. The maximum atomic E-state index is 15.3. The molecule has 0 aliphatic carbocycles. The molecule has 0 spiro atoms. The number of benzene rings is 1. The summed E-state index contributed by atoms with van der Waals surface area (Å²) in [5.74, 6) is -1.72. The minimum Gasteiger partial charge on any atom is -0.462 e. The molecule has 3 atom stereocenters. The molecular formula is C28H32F4N8O3. The van der Waals surface area contributed by atoms with Crippen LogP contribution in [-0.2, 0) is 11.3 Å². The van der Waals surface area contributed by atoms with Gasteiger partial charge in [-0.2, -0.15) is 0 Å². The molecule has 0 radical (unpaired) electrons. The van der Waals surface area contributed by atoms with Crippen molar-refractivity contribution in [2.75, 3.05) is 30.3 Å². The van der Waals surface area contributed by atoms with Gasteiger partial charge >= 0.3 is 0 Å². The quantitative estimate of drug-likeness (QED) is 0.181. The third-order valence-electron chi connectivity index (χ3n) is 7.45. The molecule has 4 aromatic rings. The molecule has 1 aromatic carbocycles. The van der Waals surface area contributed by atoms with Gasteiger partial charge in [-0.3, -0.25) is 4.98 Å². The van der Waals surface area contributed by atoms with Crippen molar-refractivity contribution in [2.24, 2.45) is 5.73 Å². The number of alkyl halides is 2. The highest BCUT2D eigenvalue weighted by molar-refractivity contribution is 5.81. The zero-order chi connectivity index (χ0) is 30.9. The topological polar surface area (TPSA) is 150 Å². The van der Waals surface area contributed by atoms with Gasteiger partial charge in [0.2, 0.25) is 0 Å². The molecule has 1 aliphatic heterocycles. The zero-order valence-corrected chi connectivity index (χ0v) is 23.6. The molecule has 230 valence electrons. The SMILES string of the molecule is CCOC(C)Oc1cc(F)c(-c2cc(Cn3cnc4c(N)ncnc43)c(N3CCC[C@](N)([C@H](O)C(F)F)C3)cn2)cc1F. The Morgan fingerprint density at radius 3 is 2.65 bits per heavy atom. The second-order valence-corrected chi connectivity index (χ2v) is 10.4. The van der Waals surface area contributed by atoms with E-state index in [-0.39, 0.29) is 42.3 Å². The predicted molar refractivity (Wildman–Crippen MR) is 151 cm³/mol. The van der Waals surface area contributed by atoms with Crippen molar-refractivity contribution in [3.8, 4) is 17.0 Å². The molecule has 0 bridgehead atoms. The number of aromatic nitrogens is 5. The lowest BCUT2D eigenvalue weighted by molar-refractivity contribution is -0.0632. The summed E-state index contributed by atoms with van der Waals surface area (Å²) in [4.78, 5) is 18.7. The van der Waals surface area contributed by atoms with Crippen LogP contribution in [0.5, 0.6) is 5.75 Å². The summed E-state index contributed by atoms with van der Waals surface area (Å²) in [6.07, 6.45) is -0.969. The van der Waals surface area contributed by atoms with Crippen molar-refractivity contribution in [3.63, 3.8) is 0 Å². The first-order valence-electron chi connectivity index (χ1n) is 13.7. The number of piperidine rings is 1. The van der Waals surface area contributed by atoms with Gasteiger partial charge in [0.05, 0.1) is 36.0 Å². The van der Waals surface area contributed by atoms with Crippen LogP contribution < -0.4 is 21.1 Å². The monoisotopic (exact) mass is 604 g/mol. The first kappa shape index (κ1) is 30.4. The highest BCUT2D eigenvalue weighted by atomic mass is 19.3. The average Bonchev–Trinajstić information content (AvgIpc) is 3.38. The summed E-state index contributed by atoms with van der Waals surface area (Å²) in [5.41, 5.74) is 12.5. The van der Waals surface area contributed by atoms with Crippen LogP contribution in [0.1, 0.15) is 32.3 Å². The van der Waals surface area contributed by atoms with Crippen molar-refractivity contribution >= 4 is 22.7 Å². The van der Waals surface area contributed by atoms with E-state index in [0.29, 0.717) is 42.0 Å². The summed E-state index contributed by atoms with van der Waals surface area (Å²) in [7, 11) is 0. The number of halogens is 4. The Labute approximate surface area is 244 Å². The number of aliphatic hydroxyl groups excluding tert-OH is 1. The summed E-state index contributed by atoms with van der Waals surface area (Å²) in [5, 5.41) is 10.2. The van der Waals surface area contributed by atoms with E-state index in [0.717, 1.165) is 12.1 Å². The van der Waals surface area contributed by atoms with E-state index in [4.69, 9.17) is 20.9 Å². The van der Waals surface area contributed by atoms with Crippen molar-refractivity contribution in [1.82, 2.24) is 24.5 Å². The van der Waals surface area contributed by atoms with Crippen LogP contribution in [0, 0.1) is 11.6 Å². The van der Waals surface area contributed by atoms with Gasteiger partial charge in [-0.15, -0.1) is 0 Å². The maximum absolute atomic E-state index is 15.3. The number of hydrogen-bond acceptors (Lipinski definition) is 10. The number of pyridine rings is 1. The average molecular weight is 605 g/mol. The molecular weight excluding hydrogens is 572 g/mol. The van der Waals surface area contributed by atoms with Crippen LogP contribution in [0.15, 0.2) is 37.1 Å². The molecule has 5 N–H and O–H groups in total. The van der Waals surface area contributed by atoms with Crippen molar-refractivity contribution in [3.05, 3.63) is 54.2 Å². The van der Waals surface area contributed by atoms with Crippen LogP contribution in [0.4, 0.5) is 29.1 Å². The number of nitrogen functional groups attached to an aromatic ring is 1. The lowest BCUT2D eigenvalue weighted by atomic mass is 9.84. The first-order chi connectivity index (χ1) is 20.5. The van der Waals surface area contributed by atoms with Gasteiger partial charge in [0.25, 0.3) is 6.43 Å². The lowest BCUT2D eigenvalue weighted by Crippen LogP contribution is -2.63. The molecule has 0 amide bonds. The highest BCUT2D eigenvalue weighted by Gasteiger charge is 2.43. The Balaban J connectivity index is 1.56. The van der Waals surface area contributed by atoms with E-state index in [1.165, 1.54) is 18.9 Å². The Hall–Kier alpha value is -4.08. The molecule has 1 fully saturated rings. The molecule has 5 rings (SSSR count). The van der Waals surface area contributed by atoms with Gasteiger partial charge < -0.3 is 35.5 Å². The van der Waals surface area contributed by atoms with Crippen LogP contribution >= 0.6 is 0 Å². The fourth-order valence-electron chi connectivity index (χ4n) is 5.32.